The molecule has 6 nitrogen and oxygen atoms in total. The minimum Gasteiger partial charge on any atom is -0.497 e. The summed E-state index contributed by atoms with van der Waals surface area (Å²) in [6, 6.07) is 4.90. The molecule has 0 radical (unpaired) electrons. The number of rotatable bonds is 7. The molecular formula is C13H16N2O4. The molecule has 0 aliphatic rings. The van der Waals surface area contributed by atoms with E-state index < -0.39 is 0 Å². The number of nitrogens with one attached hydrogen (secondary N) is 1. The Morgan fingerprint density at radius 3 is 2.68 bits per heavy atom. The number of ether oxygens (including phenoxy) is 1. The van der Waals surface area contributed by atoms with Gasteiger partial charge < -0.3 is 10.1 Å². The summed E-state index contributed by atoms with van der Waals surface area (Å²) in [6.45, 7) is 1.59. The van der Waals surface area contributed by atoms with Gasteiger partial charge in [-0.15, -0.1) is 0 Å². The number of methoxy groups -OCH3 is 1. The van der Waals surface area contributed by atoms with Gasteiger partial charge in [0.15, 0.2) is 5.78 Å². The Hall–Kier alpha value is -2.24. The van der Waals surface area contributed by atoms with E-state index in [2.05, 4.69) is 10.5 Å². The maximum atomic E-state index is 12.0. The number of nitroso groups, excluding NO2 is 1. The van der Waals surface area contributed by atoms with E-state index in [4.69, 9.17) is 4.74 Å². The smallest absolute Gasteiger partial charge is 0.216 e. The molecule has 102 valence electrons. The maximum absolute atomic E-state index is 12.0. The van der Waals surface area contributed by atoms with Crippen LogP contribution in [-0.4, -0.2) is 25.3 Å². The molecule has 6 heteroatoms. The number of carbonyl (C=O) groups is 2. The fraction of sp³-hybridized carbons (Fsp3) is 0.385. The number of carbonyl (C=O) groups excluding carboxylic acids is 2. The summed E-state index contributed by atoms with van der Waals surface area (Å²) in [5, 5.41) is 5.35. The highest BCUT2D eigenvalue weighted by Crippen LogP contribution is 2.20. The van der Waals surface area contributed by atoms with Crippen LogP contribution in [0.4, 0.5) is 0 Å². The lowest BCUT2D eigenvalue weighted by atomic mass is 10.0. The molecule has 0 unspecified atom stereocenters. The Labute approximate surface area is 111 Å². The fourth-order valence-corrected chi connectivity index (χ4v) is 1.64. The van der Waals surface area contributed by atoms with Crippen molar-refractivity contribution in [2.24, 2.45) is 5.18 Å². The Morgan fingerprint density at radius 1 is 1.37 bits per heavy atom. The van der Waals surface area contributed by atoms with Crippen LogP contribution in [0.5, 0.6) is 5.75 Å². The van der Waals surface area contributed by atoms with Gasteiger partial charge in [-0.1, -0.05) is 11.2 Å². The quantitative estimate of drug-likeness (QED) is 0.599. The van der Waals surface area contributed by atoms with E-state index in [-0.39, 0.29) is 31.2 Å². The predicted molar refractivity (Wildman–Crippen MR) is 70.1 cm³/mol. The molecule has 1 amide bonds. The second-order valence-corrected chi connectivity index (χ2v) is 3.97. The van der Waals surface area contributed by atoms with Crippen LogP contribution < -0.4 is 10.1 Å². The van der Waals surface area contributed by atoms with Gasteiger partial charge in [-0.25, -0.2) is 0 Å². The van der Waals surface area contributed by atoms with Gasteiger partial charge in [0.2, 0.25) is 5.91 Å². The van der Waals surface area contributed by atoms with Crippen molar-refractivity contribution in [1.29, 1.82) is 0 Å². The van der Waals surface area contributed by atoms with Crippen molar-refractivity contribution in [2.75, 3.05) is 13.7 Å². The van der Waals surface area contributed by atoms with Crippen LogP contribution in [0.1, 0.15) is 29.3 Å². The summed E-state index contributed by atoms with van der Waals surface area (Å²) in [5.74, 6) is 0.192. The van der Waals surface area contributed by atoms with Gasteiger partial charge in [-0.3, -0.25) is 9.59 Å². The van der Waals surface area contributed by atoms with E-state index in [1.807, 2.05) is 0 Å². The SMILES string of the molecule is COc1ccc(CN=O)c(C(=O)CCNC(C)=O)c1. The summed E-state index contributed by atoms with van der Waals surface area (Å²) < 4.78 is 5.05. The van der Waals surface area contributed by atoms with Crippen LogP contribution in [-0.2, 0) is 11.3 Å². The van der Waals surface area contributed by atoms with Crippen molar-refractivity contribution in [3.05, 3.63) is 34.2 Å². The summed E-state index contributed by atoms with van der Waals surface area (Å²) >= 11 is 0. The highest BCUT2D eigenvalue weighted by molar-refractivity contribution is 5.98. The van der Waals surface area contributed by atoms with Crippen molar-refractivity contribution < 1.29 is 14.3 Å². The first-order chi connectivity index (χ1) is 9.08. The second-order valence-electron chi connectivity index (χ2n) is 3.97. The first-order valence-corrected chi connectivity index (χ1v) is 5.82. The van der Waals surface area contributed by atoms with Gasteiger partial charge in [0.05, 0.1) is 7.11 Å². The van der Waals surface area contributed by atoms with Crippen LogP contribution in [0.3, 0.4) is 0 Å². The lowest BCUT2D eigenvalue weighted by molar-refractivity contribution is -0.118. The lowest BCUT2D eigenvalue weighted by Crippen LogP contribution is -2.23. The molecule has 0 saturated heterocycles. The zero-order valence-corrected chi connectivity index (χ0v) is 10.9. The summed E-state index contributed by atoms with van der Waals surface area (Å²) in [4.78, 5) is 33.1. The molecule has 0 atom stereocenters. The van der Waals surface area contributed by atoms with E-state index in [0.717, 1.165) is 0 Å². The van der Waals surface area contributed by atoms with E-state index in [9.17, 15) is 14.5 Å². The van der Waals surface area contributed by atoms with Crippen LogP contribution in [0.15, 0.2) is 23.4 Å². The molecule has 0 saturated carbocycles. The fourth-order valence-electron chi connectivity index (χ4n) is 1.64. The van der Waals surface area contributed by atoms with E-state index in [1.54, 1.807) is 18.2 Å². The zero-order valence-electron chi connectivity index (χ0n) is 10.9. The number of hydrogen-bond acceptors (Lipinski definition) is 5. The third-order valence-corrected chi connectivity index (χ3v) is 2.58. The largest absolute Gasteiger partial charge is 0.497 e. The molecular weight excluding hydrogens is 248 g/mol. The molecule has 0 spiro atoms. The first-order valence-electron chi connectivity index (χ1n) is 5.82. The molecule has 1 aromatic carbocycles. The van der Waals surface area contributed by atoms with Crippen LogP contribution >= 0.6 is 0 Å². The van der Waals surface area contributed by atoms with Crippen molar-refractivity contribution >= 4 is 11.7 Å². The molecule has 0 fully saturated rings. The number of ketones is 1. The second kappa shape index (κ2) is 7.25. The summed E-state index contributed by atoms with van der Waals surface area (Å²) in [6.07, 6.45) is 0.165. The van der Waals surface area contributed by atoms with Gasteiger partial charge >= 0.3 is 0 Å². The number of benzene rings is 1. The zero-order chi connectivity index (χ0) is 14.3. The molecule has 0 heterocycles. The molecule has 0 aliphatic heterocycles. The van der Waals surface area contributed by atoms with E-state index >= 15 is 0 Å². The minimum absolute atomic E-state index is 0.0643. The van der Waals surface area contributed by atoms with Crippen molar-refractivity contribution in [1.82, 2.24) is 5.32 Å². The topological polar surface area (TPSA) is 84.8 Å². The summed E-state index contributed by atoms with van der Waals surface area (Å²) in [7, 11) is 1.50. The van der Waals surface area contributed by atoms with Crippen LogP contribution in [0.2, 0.25) is 0 Å². The van der Waals surface area contributed by atoms with Gasteiger partial charge in [-0.05, 0) is 17.7 Å². The van der Waals surface area contributed by atoms with Crippen LogP contribution in [0.25, 0.3) is 0 Å². The Bertz CT molecular complexity index is 486. The Morgan fingerprint density at radius 2 is 2.11 bits per heavy atom. The predicted octanol–water partition coefficient (Wildman–Crippen LogP) is 1.67. The number of Topliss-reactive ketones (excluding diaryl/α,β-unsaturated/α-hetero) is 1. The third-order valence-electron chi connectivity index (χ3n) is 2.58. The molecule has 0 aliphatic carbocycles. The highest BCUT2D eigenvalue weighted by atomic mass is 16.5. The standard InChI is InChI=1S/C13H16N2O4/c1-9(16)14-6-5-13(17)12-7-11(19-2)4-3-10(12)8-15-18/h3-4,7H,5-6,8H2,1-2H3,(H,14,16). The van der Waals surface area contributed by atoms with E-state index in [1.165, 1.54) is 14.0 Å². The normalized spacial score (nSPS) is 9.79. The number of hydrogen-bond donors (Lipinski definition) is 1. The average Bonchev–Trinajstić information content (AvgIpc) is 2.39. The van der Waals surface area contributed by atoms with Gasteiger partial charge in [0, 0.05) is 25.5 Å². The van der Waals surface area contributed by atoms with Crippen molar-refractivity contribution in [2.45, 2.75) is 19.9 Å². The van der Waals surface area contributed by atoms with Gasteiger partial charge in [0.25, 0.3) is 0 Å². The molecule has 1 N–H and O–H groups in total. The molecule has 0 bridgehead atoms. The number of amides is 1. The van der Waals surface area contributed by atoms with Gasteiger partial charge in [-0.2, -0.15) is 4.91 Å². The third kappa shape index (κ3) is 4.50. The highest BCUT2D eigenvalue weighted by Gasteiger charge is 2.13. The Kier molecular flexibility index (Phi) is 5.66. The molecule has 0 aromatic heterocycles. The molecule has 1 rings (SSSR count). The van der Waals surface area contributed by atoms with E-state index in [0.29, 0.717) is 16.9 Å². The lowest BCUT2D eigenvalue weighted by Gasteiger charge is -2.08. The first kappa shape index (κ1) is 14.8. The number of nitrogens with zero attached hydrogens (tertiary/aromatic N) is 1. The minimum atomic E-state index is -0.187. The monoisotopic (exact) mass is 264 g/mol. The Balaban J connectivity index is 2.85. The van der Waals surface area contributed by atoms with Crippen LogP contribution in [0, 0.1) is 4.91 Å². The average molecular weight is 264 g/mol. The van der Waals surface area contributed by atoms with Crippen molar-refractivity contribution in [3.63, 3.8) is 0 Å². The molecule has 1 aromatic rings. The summed E-state index contributed by atoms with van der Waals surface area (Å²) in [5.41, 5.74) is 0.966. The van der Waals surface area contributed by atoms with Gasteiger partial charge in [0.1, 0.15) is 12.3 Å². The molecule has 19 heavy (non-hydrogen) atoms. The van der Waals surface area contributed by atoms with Crippen molar-refractivity contribution in [3.8, 4) is 5.75 Å². The maximum Gasteiger partial charge on any atom is 0.216 e.